The van der Waals surface area contributed by atoms with E-state index in [9.17, 15) is 19.7 Å². The predicted octanol–water partition coefficient (Wildman–Crippen LogP) is 1.79. The van der Waals surface area contributed by atoms with E-state index in [4.69, 9.17) is 14.7 Å². The van der Waals surface area contributed by atoms with Gasteiger partial charge < -0.3 is 14.8 Å². The smallest absolute Gasteiger partial charge is 0.269 e. The molecule has 10 nitrogen and oxygen atoms in total. The number of ether oxygens (including phenoxy) is 2. The van der Waals surface area contributed by atoms with E-state index in [0.29, 0.717) is 13.0 Å². The molecular formula is C18H25N3O7. The zero-order valence-electron chi connectivity index (χ0n) is 15.6. The average Bonchev–Trinajstić information content (AvgIpc) is 2.70. The van der Waals surface area contributed by atoms with Gasteiger partial charge in [-0.15, -0.1) is 6.58 Å². The number of amides is 2. The summed E-state index contributed by atoms with van der Waals surface area (Å²) in [5.74, 6) is -1.69. The first kappa shape index (κ1) is 23.2. The summed E-state index contributed by atoms with van der Waals surface area (Å²) in [5.41, 5.74) is 1.71. The van der Waals surface area contributed by atoms with Gasteiger partial charge in [0.05, 0.1) is 17.6 Å². The first-order chi connectivity index (χ1) is 13.4. The number of hydrogen-bond donors (Lipinski definition) is 3. The molecule has 0 fully saturated rings. The van der Waals surface area contributed by atoms with E-state index in [2.05, 4.69) is 11.9 Å². The van der Waals surface area contributed by atoms with Gasteiger partial charge in [0.15, 0.2) is 0 Å². The number of benzene rings is 1. The van der Waals surface area contributed by atoms with Gasteiger partial charge in [-0.1, -0.05) is 6.08 Å². The second-order valence-electron chi connectivity index (χ2n) is 5.89. The van der Waals surface area contributed by atoms with Crippen molar-refractivity contribution in [2.45, 2.75) is 25.8 Å². The third-order valence-corrected chi connectivity index (χ3v) is 3.87. The molecule has 10 heteroatoms. The molecule has 0 heterocycles. The number of rotatable bonds is 13. The second-order valence-corrected chi connectivity index (χ2v) is 5.89. The molecule has 0 radical (unpaired) electrons. The van der Waals surface area contributed by atoms with Gasteiger partial charge in [-0.25, -0.2) is 5.48 Å². The number of carbonyl (C=O) groups excluding carboxylic acids is 2. The molecule has 1 aromatic carbocycles. The van der Waals surface area contributed by atoms with Crippen molar-refractivity contribution >= 4 is 17.5 Å². The maximum absolute atomic E-state index is 12.5. The van der Waals surface area contributed by atoms with Crippen LogP contribution in [0.3, 0.4) is 0 Å². The number of nitro benzene ring substituents is 1. The lowest BCUT2D eigenvalue weighted by Gasteiger charge is -2.23. The van der Waals surface area contributed by atoms with E-state index in [0.717, 1.165) is 0 Å². The highest BCUT2D eigenvalue weighted by atomic mass is 16.7. The molecule has 0 saturated carbocycles. The molecule has 0 aliphatic heterocycles. The van der Waals surface area contributed by atoms with Crippen molar-refractivity contribution in [3.8, 4) is 0 Å². The lowest BCUT2D eigenvalue weighted by atomic mass is 9.95. The summed E-state index contributed by atoms with van der Waals surface area (Å²) < 4.78 is 10.5. The largest absolute Gasteiger partial charge is 0.356 e. The fourth-order valence-corrected chi connectivity index (χ4v) is 2.45. The first-order valence-corrected chi connectivity index (χ1v) is 8.68. The molecule has 2 atom stereocenters. The first-order valence-electron chi connectivity index (χ1n) is 8.68. The molecule has 0 saturated heterocycles. The van der Waals surface area contributed by atoms with Crippen molar-refractivity contribution in [2.24, 2.45) is 5.92 Å². The number of nitrogens with zero attached hydrogens (tertiary/aromatic N) is 1. The van der Waals surface area contributed by atoms with Gasteiger partial charge in [0.1, 0.15) is 6.79 Å². The Morgan fingerprint density at radius 3 is 2.54 bits per heavy atom. The zero-order valence-corrected chi connectivity index (χ0v) is 15.6. The maximum Gasteiger partial charge on any atom is 0.269 e. The Hall–Kier alpha value is -2.82. The van der Waals surface area contributed by atoms with E-state index in [1.54, 1.807) is 5.48 Å². The fraction of sp³-hybridized carbons (Fsp3) is 0.444. The second kappa shape index (κ2) is 12.5. The Morgan fingerprint density at radius 2 is 2.00 bits per heavy atom. The number of hydroxylamine groups is 1. The molecule has 0 aliphatic rings. The standard InChI is InChI=1S/C18H25N3O7/c1-3-5-14(18(23)20-24)10-15(11-28-12-27-4-2)19-17(22)13-6-8-16(9-7-13)21(25)26/h3,6-9,14-15,24H,1,4-5,10-12H2,2H3,(H,19,22)(H,20,23)/t14-,15-/m0/s1. The zero-order chi connectivity index (χ0) is 20.9. The molecule has 1 aromatic rings. The van der Waals surface area contributed by atoms with Crippen LogP contribution in [0.25, 0.3) is 0 Å². The van der Waals surface area contributed by atoms with Crippen molar-refractivity contribution in [3.63, 3.8) is 0 Å². The Bertz CT molecular complexity index is 664. The fourth-order valence-electron chi connectivity index (χ4n) is 2.45. The predicted molar refractivity (Wildman–Crippen MR) is 99.6 cm³/mol. The number of carbonyl (C=O) groups is 2. The summed E-state index contributed by atoms with van der Waals surface area (Å²) in [6, 6.07) is 4.58. The molecular weight excluding hydrogens is 370 g/mol. The van der Waals surface area contributed by atoms with Gasteiger partial charge in [0.25, 0.3) is 11.6 Å². The summed E-state index contributed by atoms with van der Waals surface area (Å²) >= 11 is 0. The van der Waals surface area contributed by atoms with E-state index in [1.807, 2.05) is 6.92 Å². The number of non-ortho nitro benzene ring substituents is 1. The highest BCUT2D eigenvalue weighted by molar-refractivity contribution is 5.94. The van der Waals surface area contributed by atoms with Crippen LogP contribution in [0.4, 0.5) is 5.69 Å². The molecule has 1 rings (SSSR count). The van der Waals surface area contributed by atoms with Gasteiger partial charge in [0.2, 0.25) is 5.91 Å². The minimum atomic E-state index is -0.625. The minimum Gasteiger partial charge on any atom is -0.356 e. The van der Waals surface area contributed by atoms with Crippen LogP contribution in [-0.2, 0) is 14.3 Å². The highest BCUT2D eigenvalue weighted by Gasteiger charge is 2.24. The van der Waals surface area contributed by atoms with E-state index in [-0.39, 0.29) is 31.1 Å². The summed E-state index contributed by atoms with van der Waals surface area (Å²) in [6.07, 6.45) is 2.02. The van der Waals surface area contributed by atoms with Gasteiger partial charge in [-0.05, 0) is 31.9 Å². The number of nitro groups is 1. The van der Waals surface area contributed by atoms with Crippen molar-refractivity contribution in [3.05, 3.63) is 52.6 Å². The van der Waals surface area contributed by atoms with Crippen LogP contribution < -0.4 is 10.8 Å². The van der Waals surface area contributed by atoms with Crippen LogP contribution in [0.15, 0.2) is 36.9 Å². The molecule has 0 spiro atoms. The highest BCUT2D eigenvalue weighted by Crippen LogP contribution is 2.15. The minimum absolute atomic E-state index is 0.0265. The number of hydrogen-bond acceptors (Lipinski definition) is 7. The molecule has 28 heavy (non-hydrogen) atoms. The quantitative estimate of drug-likeness (QED) is 0.115. The SMILES string of the molecule is C=CC[C@@H](C[C@@H](COCOCC)NC(=O)c1ccc([N+](=O)[O-])cc1)C(=O)NO. The van der Waals surface area contributed by atoms with Crippen LogP contribution in [0.2, 0.25) is 0 Å². The van der Waals surface area contributed by atoms with E-state index < -0.39 is 28.7 Å². The van der Waals surface area contributed by atoms with Crippen LogP contribution in [0.1, 0.15) is 30.1 Å². The van der Waals surface area contributed by atoms with E-state index >= 15 is 0 Å². The van der Waals surface area contributed by atoms with Gasteiger partial charge in [-0.3, -0.25) is 24.9 Å². The van der Waals surface area contributed by atoms with Gasteiger partial charge in [-0.2, -0.15) is 0 Å². The summed E-state index contributed by atoms with van der Waals surface area (Å²) in [4.78, 5) is 34.4. The maximum atomic E-state index is 12.5. The molecule has 2 amide bonds. The van der Waals surface area contributed by atoms with Crippen molar-refractivity contribution in [1.82, 2.24) is 10.8 Å². The summed E-state index contributed by atoms with van der Waals surface area (Å²) in [6.45, 7) is 5.96. The molecule has 0 aliphatic carbocycles. The Balaban J connectivity index is 2.84. The van der Waals surface area contributed by atoms with Gasteiger partial charge in [0, 0.05) is 30.2 Å². The average molecular weight is 395 g/mol. The lowest BCUT2D eigenvalue weighted by molar-refractivity contribution is -0.384. The molecule has 154 valence electrons. The molecule has 0 aromatic heterocycles. The van der Waals surface area contributed by atoms with Crippen LogP contribution in [-0.4, -0.2) is 48.0 Å². The van der Waals surface area contributed by atoms with E-state index in [1.165, 1.54) is 30.3 Å². The topological polar surface area (TPSA) is 140 Å². The Morgan fingerprint density at radius 1 is 1.32 bits per heavy atom. The molecule has 0 unspecified atom stereocenters. The third kappa shape index (κ3) is 7.82. The molecule has 0 bridgehead atoms. The third-order valence-electron chi connectivity index (χ3n) is 3.87. The van der Waals surface area contributed by atoms with Crippen molar-refractivity contribution in [1.29, 1.82) is 0 Å². The van der Waals surface area contributed by atoms with Crippen LogP contribution in [0.5, 0.6) is 0 Å². The number of nitrogens with one attached hydrogen (secondary N) is 2. The summed E-state index contributed by atoms with van der Waals surface area (Å²) in [7, 11) is 0. The summed E-state index contributed by atoms with van der Waals surface area (Å²) in [5, 5.41) is 22.4. The normalized spacial score (nSPS) is 12.6. The Labute approximate surface area is 162 Å². The van der Waals surface area contributed by atoms with Crippen LogP contribution in [0, 0.1) is 16.0 Å². The van der Waals surface area contributed by atoms with Crippen molar-refractivity contribution < 1.29 is 29.2 Å². The van der Waals surface area contributed by atoms with Crippen LogP contribution >= 0.6 is 0 Å². The lowest BCUT2D eigenvalue weighted by Crippen LogP contribution is -2.42. The Kier molecular flexibility index (Phi) is 10.4. The van der Waals surface area contributed by atoms with Gasteiger partial charge >= 0.3 is 0 Å². The number of allylic oxidation sites excluding steroid dienone is 1. The van der Waals surface area contributed by atoms with Crippen molar-refractivity contribution in [2.75, 3.05) is 20.0 Å². The monoisotopic (exact) mass is 395 g/mol. The molecule has 3 N–H and O–H groups in total.